The number of ether oxygens (including phenoxy) is 3. The topological polar surface area (TPSA) is 78.9 Å². The molecule has 0 spiro atoms. The molecule has 0 radical (unpaired) electrons. The number of carbonyl (C=O) groups is 3. The standard InChI is InChI=1S/C59H114O6/c1-7-55(6)47-41-35-29-23-19-15-12-13-17-21-25-31-37-43-49-58(61)64-52-56(65-59(62)50-44-38-32-26-28-34-40-46-54(4)5)51-63-57(60)48-42-36-30-24-20-16-11-9-8-10-14-18-22-27-33-39-45-53(2)3/h53-56H,7-52H2,1-6H3/t55?,56-/m0/s1. The van der Waals surface area contributed by atoms with Crippen molar-refractivity contribution in [3.8, 4) is 0 Å². The van der Waals surface area contributed by atoms with Crippen molar-refractivity contribution in [3.05, 3.63) is 0 Å². The highest BCUT2D eigenvalue weighted by molar-refractivity contribution is 5.71. The fourth-order valence-electron chi connectivity index (χ4n) is 8.97. The van der Waals surface area contributed by atoms with Crippen LogP contribution < -0.4 is 0 Å². The lowest BCUT2D eigenvalue weighted by Gasteiger charge is -2.18. The summed E-state index contributed by atoms with van der Waals surface area (Å²) in [5.41, 5.74) is 0. The number of hydrogen-bond acceptors (Lipinski definition) is 6. The van der Waals surface area contributed by atoms with Crippen molar-refractivity contribution < 1.29 is 28.6 Å². The molecule has 0 aliphatic carbocycles. The second-order valence-electron chi connectivity index (χ2n) is 21.5. The molecule has 0 saturated carbocycles. The number of esters is 3. The molecule has 0 aromatic carbocycles. The van der Waals surface area contributed by atoms with Gasteiger partial charge in [0.25, 0.3) is 0 Å². The van der Waals surface area contributed by atoms with E-state index in [0.29, 0.717) is 19.3 Å². The zero-order valence-corrected chi connectivity index (χ0v) is 44.8. The third kappa shape index (κ3) is 51.6. The van der Waals surface area contributed by atoms with Crippen molar-refractivity contribution >= 4 is 17.9 Å². The van der Waals surface area contributed by atoms with E-state index in [1.807, 2.05) is 0 Å². The summed E-state index contributed by atoms with van der Waals surface area (Å²) in [6.07, 6.45) is 52.4. The highest BCUT2D eigenvalue weighted by Gasteiger charge is 2.19. The lowest BCUT2D eigenvalue weighted by molar-refractivity contribution is -0.167. The number of carbonyl (C=O) groups excluding carboxylic acids is 3. The molecule has 0 aliphatic rings. The molecule has 0 aromatic heterocycles. The molecule has 0 aliphatic heterocycles. The van der Waals surface area contributed by atoms with Gasteiger partial charge in [-0.15, -0.1) is 0 Å². The van der Waals surface area contributed by atoms with E-state index in [9.17, 15) is 14.4 Å². The first kappa shape index (κ1) is 63.4. The van der Waals surface area contributed by atoms with Crippen molar-refractivity contribution in [2.24, 2.45) is 17.8 Å². The van der Waals surface area contributed by atoms with Gasteiger partial charge in [0.05, 0.1) is 0 Å². The summed E-state index contributed by atoms with van der Waals surface area (Å²) < 4.78 is 16.9. The van der Waals surface area contributed by atoms with Gasteiger partial charge >= 0.3 is 17.9 Å². The molecular weight excluding hydrogens is 805 g/mol. The van der Waals surface area contributed by atoms with Gasteiger partial charge in [0.15, 0.2) is 6.10 Å². The first-order valence-corrected chi connectivity index (χ1v) is 29.1. The Kier molecular flexibility index (Phi) is 49.1. The minimum Gasteiger partial charge on any atom is -0.462 e. The van der Waals surface area contributed by atoms with Crippen molar-refractivity contribution in [1.82, 2.24) is 0 Å². The lowest BCUT2D eigenvalue weighted by atomic mass is 9.99. The fourth-order valence-corrected chi connectivity index (χ4v) is 8.97. The van der Waals surface area contributed by atoms with Gasteiger partial charge in [-0.25, -0.2) is 0 Å². The van der Waals surface area contributed by atoms with Crippen LogP contribution in [0.4, 0.5) is 0 Å². The second kappa shape index (κ2) is 50.3. The maximum absolute atomic E-state index is 12.8. The van der Waals surface area contributed by atoms with E-state index in [2.05, 4.69) is 41.5 Å². The van der Waals surface area contributed by atoms with Gasteiger partial charge in [-0.2, -0.15) is 0 Å². The number of unbranched alkanes of at least 4 members (excludes halogenated alkanes) is 34. The average molecular weight is 920 g/mol. The molecule has 0 amide bonds. The van der Waals surface area contributed by atoms with Gasteiger partial charge < -0.3 is 14.2 Å². The molecule has 0 N–H and O–H groups in total. The van der Waals surface area contributed by atoms with E-state index in [1.165, 1.54) is 205 Å². The van der Waals surface area contributed by atoms with Gasteiger partial charge in [-0.05, 0) is 37.0 Å². The monoisotopic (exact) mass is 919 g/mol. The Bertz CT molecular complexity index is 1010. The van der Waals surface area contributed by atoms with Gasteiger partial charge in [-0.1, -0.05) is 286 Å². The van der Waals surface area contributed by atoms with Crippen LogP contribution in [0.3, 0.4) is 0 Å². The molecule has 2 atom stereocenters. The maximum Gasteiger partial charge on any atom is 0.306 e. The summed E-state index contributed by atoms with van der Waals surface area (Å²) in [5.74, 6) is 1.68. The van der Waals surface area contributed by atoms with E-state index in [-0.39, 0.29) is 31.1 Å². The zero-order valence-electron chi connectivity index (χ0n) is 44.8. The molecular formula is C59H114O6. The maximum atomic E-state index is 12.8. The average Bonchev–Trinajstić information content (AvgIpc) is 3.28. The van der Waals surface area contributed by atoms with Crippen LogP contribution in [0.1, 0.15) is 324 Å². The van der Waals surface area contributed by atoms with Crippen LogP contribution in [0.15, 0.2) is 0 Å². The van der Waals surface area contributed by atoms with E-state index >= 15 is 0 Å². The Balaban J connectivity index is 4.21. The van der Waals surface area contributed by atoms with Crippen molar-refractivity contribution in [3.63, 3.8) is 0 Å². The Morgan fingerprint density at radius 1 is 0.308 bits per heavy atom. The van der Waals surface area contributed by atoms with Crippen LogP contribution in [0, 0.1) is 17.8 Å². The third-order valence-electron chi connectivity index (χ3n) is 13.8. The molecule has 1 unspecified atom stereocenters. The summed E-state index contributed by atoms with van der Waals surface area (Å²) in [6, 6.07) is 0. The minimum atomic E-state index is -0.764. The molecule has 0 bridgehead atoms. The number of rotatable bonds is 52. The molecule has 0 heterocycles. The van der Waals surface area contributed by atoms with Gasteiger partial charge in [0.2, 0.25) is 0 Å². The van der Waals surface area contributed by atoms with E-state index in [0.717, 1.165) is 75.5 Å². The van der Waals surface area contributed by atoms with E-state index in [1.54, 1.807) is 0 Å². The molecule has 6 nitrogen and oxygen atoms in total. The lowest BCUT2D eigenvalue weighted by Crippen LogP contribution is -2.30. The summed E-state index contributed by atoms with van der Waals surface area (Å²) in [4.78, 5) is 38.1. The molecule has 0 saturated heterocycles. The molecule has 65 heavy (non-hydrogen) atoms. The molecule has 6 heteroatoms. The minimum absolute atomic E-state index is 0.0643. The predicted octanol–water partition coefficient (Wildman–Crippen LogP) is 19.1. The zero-order chi connectivity index (χ0) is 47.7. The Hall–Kier alpha value is -1.59. The SMILES string of the molecule is CCC(C)CCCCCCCCCCCCCCCCC(=O)OC[C@H](COC(=O)CCCCCCCCCCCCCCCCCCC(C)C)OC(=O)CCCCCCCCCC(C)C. The van der Waals surface area contributed by atoms with Crippen LogP contribution in [0.2, 0.25) is 0 Å². The fraction of sp³-hybridized carbons (Fsp3) is 0.949. The smallest absolute Gasteiger partial charge is 0.306 e. The number of hydrogen-bond donors (Lipinski definition) is 0. The summed E-state index contributed by atoms with van der Waals surface area (Å²) >= 11 is 0. The van der Waals surface area contributed by atoms with Crippen LogP contribution in [-0.2, 0) is 28.6 Å². The third-order valence-corrected chi connectivity index (χ3v) is 13.8. The van der Waals surface area contributed by atoms with E-state index in [4.69, 9.17) is 14.2 Å². The highest BCUT2D eigenvalue weighted by Crippen LogP contribution is 2.19. The Morgan fingerprint density at radius 2 is 0.538 bits per heavy atom. The van der Waals surface area contributed by atoms with Crippen LogP contribution in [-0.4, -0.2) is 37.2 Å². The Labute approximate surface area is 406 Å². The normalized spacial score (nSPS) is 12.6. The van der Waals surface area contributed by atoms with Crippen molar-refractivity contribution in [2.75, 3.05) is 13.2 Å². The van der Waals surface area contributed by atoms with Crippen molar-refractivity contribution in [2.45, 2.75) is 330 Å². The second-order valence-corrected chi connectivity index (χ2v) is 21.5. The van der Waals surface area contributed by atoms with Gasteiger partial charge in [-0.3, -0.25) is 14.4 Å². The first-order chi connectivity index (χ1) is 31.6. The van der Waals surface area contributed by atoms with Crippen LogP contribution in [0.5, 0.6) is 0 Å². The Morgan fingerprint density at radius 3 is 0.800 bits per heavy atom. The molecule has 0 aromatic rings. The summed E-state index contributed by atoms with van der Waals surface area (Å²) in [7, 11) is 0. The highest BCUT2D eigenvalue weighted by atomic mass is 16.6. The van der Waals surface area contributed by atoms with Crippen LogP contribution >= 0.6 is 0 Å². The summed E-state index contributed by atoms with van der Waals surface area (Å²) in [5, 5.41) is 0. The largest absolute Gasteiger partial charge is 0.462 e. The molecule has 386 valence electrons. The summed E-state index contributed by atoms with van der Waals surface area (Å²) in [6.45, 7) is 13.8. The molecule has 0 fully saturated rings. The predicted molar refractivity (Wildman–Crippen MR) is 279 cm³/mol. The van der Waals surface area contributed by atoms with Crippen LogP contribution in [0.25, 0.3) is 0 Å². The van der Waals surface area contributed by atoms with Crippen molar-refractivity contribution in [1.29, 1.82) is 0 Å². The van der Waals surface area contributed by atoms with Gasteiger partial charge in [0, 0.05) is 19.3 Å². The van der Waals surface area contributed by atoms with Gasteiger partial charge in [0.1, 0.15) is 13.2 Å². The van der Waals surface area contributed by atoms with E-state index < -0.39 is 6.10 Å². The quantitative estimate of drug-likeness (QED) is 0.0344. The first-order valence-electron chi connectivity index (χ1n) is 29.1. The molecule has 0 rings (SSSR count).